The Labute approximate surface area is 242 Å². The van der Waals surface area contributed by atoms with Crippen molar-refractivity contribution in [2.75, 3.05) is 32.8 Å². The maximum atomic E-state index is 13.8. The molecule has 1 amide bonds. The van der Waals surface area contributed by atoms with Crippen molar-refractivity contribution in [3.05, 3.63) is 35.9 Å². The van der Waals surface area contributed by atoms with Gasteiger partial charge in [0.15, 0.2) is 5.82 Å². The van der Waals surface area contributed by atoms with Crippen LogP contribution in [0.3, 0.4) is 0 Å². The Kier molecular flexibility index (Phi) is 5.83. The molecular weight excluding hydrogens is 538 g/mol. The highest BCUT2D eigenvalue weighted by Gasteiger charge is 2.61. The summed E-state index contributed by atoms with van der Waals surface area (Å²) in [6.45, 7) is 2.23. The Bertz CT molecular complexity index is 1690. The minimum absolute atomic E-state index is 0.0768. The van der Waals surface area contributed by atoms with E-state index in [-0.39, 0.29) is 5.91 Å². The third kappa shape index (κ3) is 3.97. The van der Waals surface area contributed by atoms with Gasteiger partial charge in [0.2, 0.25) is 5.88 Å². The minimum atomic E-state index is -0.990. The molecular formula is C31H35N5O4S. The van der Waals surface area contributed by atoms with Crippen LogP contribution in [0, 0.1) is 23.7 Å². The molecule has 214 valence electrons. The number of aromatic nitrogens is 4. The van der Waals surface area contributed by atoms with E-state index in [0.717, 1.165) is 53.5 Å². The predicted molar refractivity (Wildman–Crippen MR) is 158 cm³/mol. The molecule has 8 rings (SSSR count). The molecule has 3 aliphatic carbocycles. The lowest BCUT2D eigenvalue weighted by Gasteiger charge is -2.52. The highest BCUT2D eigenvalue weighted by Crippen LogP contribution is 2.60. The zero-order valence-corrected chi connectivity index (χ0v) is 24.5. The third-order valence-electron chi connectivity index (χ3n) is 9.95. The van der Waals surface area contributed by atoms with Gasteiger partial charge in [0.1, 0.15) is 22.7 Å². The number of aryl methyl sites for hydroxylation is 1. The summed E-state index contributed by atoms with van der Waals surface area (Å²) >= 11 is -0.990. The molecule has 3 saturated carbocycles. The summed E-state index contributed by atoms with van der Waals surface area (Å²) in [4.78, 5) is 25.9. The van der Waals surface area contributed by atoms with Gasteiger partial charge in [-0.1, -0.05) is 11.2 Å². The van der Waals surface area contributed by atoms with E-state index in [2.05, 4.69) is 20.1 Å². The van der Waals surface area contributed by atoms with Crippen LogP contribution in [0.5, 0.6) is 11.6 Å². The molecule has 5 atom stereocenters. The average molecular weight is 574 g/mol. The number of carbonyl (C=O) groups excluding carboxylic acids is 1. The van der Waals surface area contributed by atoms with Crippen LogP contribution >= 0.6 is 0 Å². The molecule has 1 saturated heterocycles. The first-order chi connectivity index (χ1) is 19.9. The first-order valence-corrected chi connectivity index (χ1v) is 16.4. The van der Waals surface area contributed by atoms with Gasteiger partial charge < -0.3 is 28.1 Å². The highest BCUT2D eigenvalue weighted by molar-refractivity contribution is 7.90. The van der Waals surface area contributed by atoms with E-state index in [1.807, 2.05) is 24.3 Å². The fourth-order valence-corrected chi connectivity index (χ4v) is 8.10. The average Bonchev–Trinajstić information content (AvgIpc) is 3.61. The van der Waals surface area contributed by atoms with Crippen molar-refractivity contribution in [1.82, 2.24) is 24.0 Å². The van der Waals surface area contributed by atoms with E-state index < -0.39 is 11.2 Å². The van der Waals surface area contributed by atoms with Crippen LogP contribution in [-0.4, -0.2) is 73.3 Å². The molecule has 1 aromatic carbocycles. The van der Waals surface area contributed by atoms with E-state index in [4.69, 9.17) is 19.4 Å². The second-order valence-electron chi connectivity index (χ2n) is 12.4. The number of carbonyl (C=O) groups is 1. The van der Waals surface area contributed by atoms with Gasteiger partial charge in [0, 0.05) is 36.1 Å². The Hall–Kier alpha value is -3.24. The lowest BCUT2D eigenvalue weighted by atomic mass is 9.53. The van der Waals surface area contributed by atoms with Gasteiger partial charge in [-0.3, -0.25) is 4.79 Å². The van der Waals surface area contributed by atoms with Crippen molar-refractivity contribution >= 4 is 39.1 Å². The number of pyridine rings is 1. The number of imidazole rings is 1. The summed E-state index contributed by atoms with van der Waals surface area (Å²) in [7, 11) is 3.28. The Balaban J connectivity index is 1.28. The predicted octanol–water partition coefficient (Wildman–Crippen LogP) is 4.34. The van der Waals surface area contributed by atoms with Gasteiger partial charge >= 0.3 is 0 Å². The van der Waals surface area contributed by atoms with Crippen molar-refractivity contribution in [3.8, 4) is 23.1 Å². The first-order valence-electron chi connectivity index (χ1n) is 14.7. The molecule has 0 N–H and O–H groups in total. The zero-order chi connectivity index (χ0) is 28.0. The number of amides is 1. The summed E-state index contributed by atoms with van der Waals surface area (Å²) < 4.78 is 28.0. The molecule has 0 spiro atoms. The summed E-state index contributed by atoms with van der Waals surface area (Å²) in [6.07, 6.45) is 6.54. The van der Waals surface area contributed by atoms with E-state index in [1.54, 1.807) is 20.5 Å². The van der Waals surface area contributed by atoms with Gasteiger partial charge in [-0.2, -0.15) is 4.98 Å². The number of ether oxygens (including phenoxy) is 2. The molecule has 0 bridgehead atoms. The summed E-state index contributed by atoms with van der Waals surface area (Å²) in [5, 5.41) is 1.02. The second-order valence-corrected chi connectivity index (χ2v) is 13.9. The maximum Gasteiger partial charge on any atom is 0.254 e. The lowest BCUT2D eigenvalue weighted by Crippen LogP contribution is -2.53. The molecule has 4 aliphatic rings. The number of benzene rings is 1. The molecule has 41 heavy (non-hydrogen) atoms. The van der Waals surface area contributed by atoms with Crippen molar-refractivity contribution in [2.45, 2.75) is 44.8 Å². The number of nitrogens with zero attached hydrogens (tertiary/aromatic N) is 5. The summed E-state index contributed by atoms with van der Waals surface area (Å²) in [5.74, 6) is 5.35. The van der Waals surface area contributed by atoms with Crippen LogP contribution in [0.4, 0.5) is 0 Å². The fraction of sp³-hybridized carbons (Fsp3) is 0.516. The van der Waals surface area contributed by atoms with Crippen molar-refractivity contribution in [2.24, 2.45) is 23.7 Å². The molecule has 1 aliphatic heterocycles. The number of fused-ring (bicyclic) bond motifs is 2. The van der Waals surface area contributed by atoms with Crippen molar-refractivity contribution < 1.29 is 18.8 Å². The van der Waals surface area contributed by atoms with Gasteiger partial charge in [-0.05, 0) is 73.6 Å². The number of rotatable bonds is 9. The molecule has 4 aromatic rings. The van der Waals surface area contributed by atoms with E-state index in [0.29, 0.717) is 58.8 Å². The normalized spacial score (nSPS) is 25.2. The van der Waals surface area contributed by atoms with Crippen molar-refractivity contribution in [1.29, 1.82) is 0 Å². The van der Waals surface area contributed by atoms with Crippen LogP contribution in [-0.2, 0) is 24.3 Å². The van der Waals surface area contributed by atoms with Crippen LogP contribution < -0.4 is 9.47 Å². The van der Waals surface area contributed by atoms with E-state index in [1.165, 1.54) is 19.3 Å². The van der Waals surface area contributed by atoms with Gasteiger partial charge in [-0.15, -0.1) is 0 Å². The SMILES string of the molecule is COc1ccc2cc(-c3nc4cc(C(=O)N5C[C@H]6CC7C[C@@H]5[C@H]76)cc(OC)c4n3CC[S@+](C)[O-])n(CC3CC3)c2n1. The standard InChI is InChI=1S/C31H35N5O4S/c1-39-25-14-20(31(37)36-16-21-10-19-13-23(36)27(19)21)11-22-28(25)34(8-9-41(3)38)30(32-22)24-12-18-6-7-26(40-2)33-29(18)35(24)15-17-4-5-17/h6-7,11-12,14,17,19,21,23,27H,4-5,8-10,13,15-16H2,1-3H3/t19?,21-,23-,27-,41+/m1/s1. The van der Waals surface area contributed by atoms with E-state index in [9.17, 15) is 9.35 Å². The minimum Gasteiger partial charge on any atom is -0.617 e. The van der Waals surface area contributed by atoms with E-state index >= 15 is 0 Å². The summed E-state index contributed by atoms with van der Waals surface area (Å²) in [6, 6.07) is 10.2. The van der Waals surface area contributed by atoms with Crippen LogP contribution in [0.2, 0.25) is 0 Å². The molecule has 4 heterocycles. The first kappa shape index (κ1) is 25.5. The van der Waals surface area contributed by atoms with Crippen LogP contribution in [0.15, 0.2) is 30.3 Å². The van der Waals surface area contributed by atoms with Crippen LogP contribution in [0.25, 0.3) is 33.6 Å². The third-order valence-corrected chi connectivity index (χ3v) is 10.7. The topological polar surface area (TPSA) is 97.5 Å². The lowest BCUT2D eigenvalue weighted by molar-refractivity contribution is -0.0204. The second kappa shape index (κ2) is 9.39. The highest BCUT2D eigenvalue weighted by atomic mass is 32.2. The molecule has 4 fully saturated rings. The Morgan fingerprint density at radius 2 is 1.93 bits per heavy atom. The van der Waals surface area contributed by atoms with Gasteiger partial charge in [-0.25, -0.2) is 4.98 Å². The Morgan fingerprint density at radius 1 is 1.07 bits per heavy atom. The fourth-order valence-electron chi connectivity index (χ4n) is 7.66. The molecule has 0 radical (unpaired) electrons. The van der Waals surface area contributed by atoms with Crippen LogP contribution in [0.1, 0.15) is 36.0 Å². The van der Waals surface area contributed by atoms with Gasteiger partial charge in [0.25, 0.3) is 5.91 Å². The van der Waals surface area contributed by atoms with Gasteiger partial charge in [0.05, 0.1) is 38.2 Å². The monoisotopic (exact) mass is 573 g/mol. The largest absolute Gasteiger partial charge is 0.617 e. The number of hydrogen-bond acceptors (Lipinski definition) is 6. The Morgan fingerprint density at radius 3 is 2.63 bits per heavy atom. The maximum absolute atomic E-state index is 13.8. The summed E-state index contributed by atoms with van der Waals surface area (Å²) in [5.41, 5.74) is 3.99. The number of likely N-dealkylation sites (tertiary alicyclic amines) is 1. The number of hydrogen-bond donors (Lipinski definition) is 0. The molecule has 10 heteroatoms. The molecule has 9 nitrogen and oxygen atoms in total. The number of methoxy groups -OCH3 is 2. The smallest absolute Gasteiger partial charge is 0.254 e. The quantitative estimate of drug-likeness (QED) is 0.277. The molecule has 1 unspecified atom stereocenters. The van der Waals surface area contributed by atoms with Crippen molar-refractivity contribution in [3.63, 3.8) is 0 Å². The molecule has 3 aromatic heterocycles. The zero-order valence-electron chi connectivity index (χ0n) is 23.7.